The van der Waals surface area contributed by atoms with Crippen LogP contribution in [0.4, 0.5) is 5.69 Å². The molecule has 3 aromatic carbocycles. The molecule has 3 aromatic rings. The van der Waals surface area contributed by atoms with Gasteiger partial charge in [0.25, 0.3) is 5.91 Å². The van der Waals surface area contributed by atoms with E-state index in [1.807, 2.05) is 24.3 Å². The maximum atomic E-state index is 13.6. The smallest absolute Gasteiger partial charge is 0.266 e. The highest BCUT2D eigenvalue weighted by Crippen LogP contribution is 2.31. The molecule has 0 aliphatic carbocycles. The molecule has 3 N–H and O–H groups in total. The monoisotopic (exact) mass is 534 g/mol. The number of nitrogens with one attached hydrogen (secondary N) is 2. The molecule has 0 radical (unpaired) electrons. The SMILES string of the molecule is [N-]=[N+]=Nc1ccccc1C[C@@]1(C(=O)NNCc2ccccc2Cl)COC(c2ccc(OCCCO)cc2)=N1. The van der Waals surface area contributed by atoms with Crippen molar-refractivity contribution in [1.82, 2.24) is 10.9 Å². The zero-order valence-corrected chi connectivity index (χ0v) is 21.3. The number of benzene rings is 3. The van der Waals surface area contributed by atoms with Crippen LogP contribution in [0.25, 0.3) is 10.4 Å². The summed E-state index contributed by atoms with van der Waals surface area (Å²) in [6.45, 7) is 0.762. The molecule has 196 valence electrons. The van der Waals surface area contributed by atoms with Crippen LogP contribution in [-0.4, -0.2) is 42.3 Å². The Morgan fingerprint density at radius 2 is 1.87 bits per heavy atom. The summed E-state index contributed by atoms with van der Waals surface area (Å²) >= 11 is 6.23. The molecular formula is C27H27ClN6O4. The minimum atomic E-state index is -1.32. The van der Waals surface area contributed by atoms with E-state index in [0.29, 0.717) is 53.1 Å². The van der Waals surface area contributed by atoms with Crippen LogP contribution in [-0.2, 0) is 22.5 Å². The van der Waals surface area contributed by atoms with E-state index in [-0.39, 0.29) is 19.6 Å². The zero-order valence-electron chi connectivity index (χ0n) is 20.5. The number of carbonyl (C=O) groups is 1. The molecule has 4 rings (SSSR count). The minimum Gasteiger partial charge on any atom is -0.494 e. The molecule has 0 saturated carbocycles. The van der Waals surface area contributed by atoms with Gasteiger partial charge in [-0.05, 0) is 47.0 Å². The van der Waals surface area contributed by atoms with E-state index in [1.54, 1.807) is 48.5 Å². The number of aliphatic hydroxyl groups is 1. The van der Waals surface area contributed by atoms with Crippen LogP contribution in [0.15, 0.2) is 82.9 Å². The normalized spacial score (nSPS) is 16.2. The maximum absolute atomic E-state index is 13.6. The average Bonchev–Trinajstić information content (AvgIpc) is 3.37. The number of hydrogen-bond donors (Lipinski definition) is 3. The van der Waals surface area contributed by atoms with E-state index in [0.717, 1.165) is 5.56 Å². The van der Waals surface area contributed by atoms with Gasteiger partial charge in [0.15, 0.2) is 5.54 Å². The van der Waals surface area contributed by atoms with Crippen molar-refractivity contribution in [2.45, 2.75) is 24.9 Å². The highest BCUT2D eigenvalue weighted by Gasteiger charge is 2.45. The number of nitrogens with zero attached hydrogens (tertiary/aromatic N) is 4. The molecule has 1 amide bonds. The molecule has 38 heavy (non-hydrogen) atoms. The van der Waals surface area contributed by atoms with Gasteiger partial charge in [0.05, 0.1) is 6.61 Å². The molecule has 1 aliphatic heterocycles. The van der Waals surface area contributed by atoms with Crippen LogP contribution in [0.2, 0.25) is 5.02 Å². The second-order valence-electron chi connectivity index (χ2n) is 8.58. The van der Waals surface area contributed by atoms with Crippen molar-refractivity contribution < 1.29 is 19.4 Å². The second-order valence-corrected chi connectivity index (χ2v) is 8.99. The Hall–Kier alpha value is -4.08. The number of rotatable bonds is 12. The van der Waals surface area contributed by atoms with E-state index < -0.39 is 11.4 Å². The first-order valence-electron chi connectivity index (χ1n) is 12.0. The largest absolute Gasteiger partial charge is 0.494 e. The predicted octanol–water partition coefficient (Wildman–Crippen LogP) is 4.62. The van der Waals surface area contributed by atoms with Gasteiger partial charge >= 0.3 is 0 Å². The average molecular weight is 535 g/mol. The number of ether oxygens (including phenoxy) is 2. The zero-order chi connectivity index (χ0) is 26.8. The van der Waals surface area contributed by atoms with Crippen LogP contribution >= 0.6 is 11.6 Å². The van der Waals surface area contributed by atoms with Crippen LogP contribution in [0, 0.1) is 0 Å². The summed E-state index contributed by atoms with van der Waals surface area (Å²) in [6, 6.07) is 21.5. The Morgan fingerprint density at radius 1 is 1.13 bits per heavy atom. The van der Waals surface area contributed by atoms with E-state index in [2.05, 4.69) is 20.9 Å². The van der Waals surface area contributed by atoms with Crippen LogP contribution in [0.5, 0.6) is 5.75 Å². The summed E-state index contributed by atoms with van der Waals surface area (Å²) in [4.78, 5) is 21.2. The van der Waals surface area contributed by atoms with E-state index >= 15 is 0 Å². The predicted molar refractivity (Wildman–Crippen MR) is 144 cm³/mol. The molecule has 0 aromatic heterocycles. The maximum Gasteiger partial charge on any atom is 0.266 e. The lowest BCUT2D eigenvalue weighted by Gasteiger charge is -2.24. The number of hydrazine groups is 1. The summed E-state index contributed by atoms with van der Waals surface area (Å²) in [5.74, 6) is 0.561. The molecule has 0 unspecified atom stereocenters. The Morgan fingerprint density at radius 3 is 2.61 bits per heavy atom. The molecule has 1 aliphatic rings. The molecular weight excluding hydrogens is 508 g/mol. The molecule has 1 atom stereocenters. The van der Waals surface area contributed by atoms with E-state index in [9.17, 15) is 4.79 Å². The molecule has 10 nitrogen and oxygen atoms in total. The van der Waals surface area contributed by atoms with Gasteiger partial charge in [0, 0.05) is 47.2 Å². The molecule has 0 fully saturated rings. The van der Waals surface area contributed by atoms with Crippen molar-refractivity contribution in [2.24, 2.45) is 10.1 Å². The molecule has 11 heteroatoms. The van der Waals surface area contributed by atoms with Crippen LogP contribution in [0.1, 0.15) is 23.1 Å². The lowest BCUT2D eigenvalue weighted by Crippen LogP contribution is -2.52. The summed E-state index contributed by atoms with van der Waals surface area (Å²) in [5, 5.41) is 13.3. The number of halogens is 1. The Balaban J connectivity index is 1.57. The first kappa shape index (κ1) is 27.0. The van der Waals surface area contributed by atoms with Crippen molar-refractivity contribution in [1.29, 1.82) is 0 Å². The molecule has 0 bridgehead atoms. The highest BCUT2D eigenvalue weighted by atomic mass is 35.5. The minimum absolute atomic E-state index is 0.0126. The van der Waals surface area contributed by atoms with Gasteiger partial charge in [-0.25, -0.2) is 10.4 Å². The van der Waals surface area contributed by atoms with Crippen LogP contribution in [0.3, 0.4) is 0 Å². The number of azide groups is 1. The quantitative estimate of drug-likeness (QED) is 0.102. The number of amides is 1. The van der Waals surface area contributed by atoms with Gasteiger partial charge in [-0.3, -0.25) is 10.2 Å². The second kappa shape index (κ2) is 12.9. The third-order valence-corrected chi connectivity index (χ3v) is 6.29. The van der Waals surface area contributed by atoms with Gasteiger partial charge in [0.1, 0.15) is 12.4 Å². The van der Waals surface area contributed by atoms with Crippen LogP contribution < -0.4 is 15.6 Å². The highest BCUT2D eigenvalue weighted by molar-refractivity contribution is 6.31. The standard InChI is InChI=1S/C27H27ClN6O4/c28-23-8-3-1-7-21(23)17-30-33-26(36)27(16-20-6-2-4-9-24(20)32-34-29)18-38-25(31-27)19-10-12-22(13-11-19)37-15-5-14-35/h1-4,6-13,30,35H,5,14-18H2,(H,33,36)/t27-/m0/s1. The fraction of sp³-hybridized carbons (Fsp3) is 0.259. The van der Waals surface area contributed by atoms with Crippen molar-refractivity contribution in [3.63, 3.8) is 0 Å². The van der Waals surface area contributed by atoms with Crippen molar-refractivity contribution in [2.75, 3.05) is 19.8 Å². The third kappa shape index (κ3) is 6.62. The first-order valence-corrected chi connectivity index (χ1v) is 12.4. The van der Waals surface area contributed by atoms with Crippen molar-refractivity contribution in [3.05, 3.63) is 105 Å². The summed E-state index contributed by atoms with van der Waals surface area (Å²) in [5.41, 5.74) is 15.9. The number of aliphatic imine (C=N–C) groups is 1. The fourth-order valence-electron chi connectivity index (χ4n) is 3.93. The molecule has 0 spiro atoms. The Labute approximate surface area is 224 Å². The lowest BCUT2D eigenvalue weighted by atomic mass is 9.91. The van der Waals surface area contributed by atoms with E-state index in [1.165, 1.54) is 0 Å². The molecule has 1 heterocycles. The van der Waals surface area contributed by atoms with Crippen molar-refractivity contribution >= 4 is 29.1 Å². The van der Waals surface area contributed by atoms with Gasteiger partial charge in [0.2, 0.25) is 5.90 Å². The summed E-state index contributed by atoms with van der Waals surface area (Å²) < 4.78 is 11.5. The first-order chi connectivity index (χ1) is 18.5. The van der Waals surface area contributed by atoms with Gasteiger partial charge in [-0.1, -0.05) is 59.2 Å². The number of hydrogen-bond acceptors (Lipinski definition) is 7. The Bertz CT molecular complexity index is 1340. The summed E-state index contributed by atoms with van der Waals surface area (Å²) in [7, 11) is 0. The lowest BCUT2D eigenvalue weighted by molar-refractivity contribution is -0.127. The number of carbonyl (C=O) groups excluding carboxylic acids is 1. The van der Waals surface area contributed by atoms with Gasteiger partial charge < -0.3 is 14.6 Å². The molecule has 0 saturated heterocycles. The topological polar surface area (TPSA) is 141 Å². The van der Waals surface area contributed by atoms with Gasteiger partial charge in [-0.2, -0.15) is 0 Å². The van der Waals surface area contributed by atoms with Crippen molar-refractivity contribution in [3.8, 4) is 5.75 Å². The summed E-state index contributed by atoms with van der Waals surface area (Å²) in [6.07, 6.45) is 0.685. The number of aliphatic hydroxyl groups excluding tert-OH is 1. The van der Waals surface area contributed by atoms with E-state index in [4.69, 9.17) is 36.7 Å². The fourth-order valence-corrected chi connectivity index (χ4v) is 4.13. The van der Waals surface area contributed by atoms with Gasteiger partial charge in [-0.15, -0.1) is 0 Å². The Kier molecular flexibility index (Phi) is 9.18. The third-order valence-electron chi connectivity index (χ3n) is 5.92.